The molecular formula is C23H24F3N3O5. The van der Waals surface area contributed by atoms with E-state index in [2.05, 4.69) is 9.64 Å². The second-order valence-corrected chi connectivity index (χ2v) is 7.93. The van der Waals surface area contributed by atoms with Gasteiger partial charge in [-0.25, -0.2) is 0 Å². The lowest BCUT2D eigenvalue weighted by Gasteiger charge is -2.35. The van der Waals surface area contributed by atoms with Crippen LogP contribution in [0.15, 0.2) is 48.5 Å². The summed E-state index contributed by atoms with van der Waals surface area (Å²) in [6, 6.07) is 11.2. The van der Waals surface area contributed by atoms with Crippen LogP contribution in [0.2, 0.25) is 0 Å². The van der Waals surface area contributed by atoms with Crippen LogP contribution in [-0.4, -0.2) is 59.0 Å². The van der Waals surface area contributed by atoms with E-state index in [0.717, 1.165) is 0 Å². The van der Waals surface area contributed by atoms with E-state index >= 15 is 0 Å². The van der Waals surface area contributed by atoms with Gasteiger partial charge in [0.2, 0.25) is 5.91 Å². The van der Waals surface area contributed by atoms with Crippen molar-refractivity contribution in [2.45, 2.75) is 32.2 Å². The van der Waals surface area contributed by atoms with E-state index < -0.39 is 11.3 Å². The summed E-state index contributed by atoms with van der Waals surface area (Å²) in [6.45, 7) is 2.60. The van der Waals surface area contributed by atoms with Crippen molar-refractivity contribution in [1.82, 2.24) is 9.80 Å². The van der Waals surface area contributed by atoms with Gasteiger partial charge in [-0.1, -0.05) is 12.1 Å². The first-order chi connectivity index (χ1) is 16.1. The molecular weight excluding hydrogens is 455 g/mol. The average Bonchev–Trinajstić information content (AvgIpc) is 2.78. The normalized spacial score (nSPS) is 14.6. The Hall–Kier alpha value is -3.47. The van der Waals surface area contributed by atoms with E-state index in [4.69, 9.17) is 0 Å². The third-order valence-electron chi connectivity index (χ3n) is 5.46. The van der Waals surface area contributed by atoms with Crippen molar-refractivity contribution in [2.24, 2.45) is 0 Å². The number of carbonyl (C=O) groups excluding carboxylic acids is 2. The van der Waals surface area contributed by atoms with Crippen molar-refractivity contribution >= 4 is 17.4 Å². The number of nitro groups is 1. The molecule has 0 atom stereocenters. The van der Waals surface area contributed by atoms with Crippen molar-refractivity contribution in [1.29, 1.82) is 0 Å². The molecule has 8 nitrogen and oxygen atoms in total. The quantitative estimate of drug-likeness (QED) is 0.304. The fourth-order valence-corrected chi connectivity index (χ4v) is 3.73. The number of piperazine rings is 1. The molecule has 1 aliphatic rings. The van der Waals surface area contributed by atoms with Crippen LogP contribution in [0, 0.1) is 10.1 Å². The van der Waals surface area contributed by atoms with Crippen LogP contribution >= 0.6 is 0 Å². The van der Waals surface area contributed by atoms with Crippen LogP contribution in [0.25, 0.3) is 0 Å². The number of non-ortho nitro benzene ring substituents is 1. The molecule has 0 N–H and O–H groups in total. The van der Waals surface area contributed by atoms with Crippen LogP contribution < -0.4 is 4.74 Å². The number of amides is 1. The highest BCUT2D eigenvalue weighted by molar-refractivity contribution is 5.96. The Morgan fingerprint density at radius 1 is 1.00 bits per heavy atom. The Labute approximate surface area is 194 Å². The third kappa shape index (κ3) is 7.55. The molecule has 0 aromatic heterocycles. The zero-order valence-electron chi connectivity index (χ0n) is 18.3. The fourth-order valence-electron chi connectivity index (χ4n) is 3.73. The van der Waals surface area contributed by atoms with Crippen molar-refractivity contribution in [3.05, 3.63) is 69.8 Å². The molecule has 182 valence electrons. The average molecular weight is 479 g/mol. The van der Waals surface area contributed by atoms with E-state index in [1.165, 1.54) is 42.5 Å². The highest BCUT2D eigenvalue weighted by Gasteiger charge is 2.31. The number of halogens is 3. The first-order valence-electron chi connectivity index (χ1n) is 10.7. The maximum atomic E-state index is 12.5. The molecule has 1 amide bonds. The van der Waals surface area contributed by atoms with Crippen LogP contribution in [0.4, 0.5) is 18.9 Å². The number of Topliss-reactive ketones (excluding diaryl/α,β-unsaturated/α-hetero) is 1. The van der Waals surface area contributed by atoms with Gasteiger partial charge in [-0.15, -0.1) is 13.2 Å². The lowest BCUT2D eigenvalue weighted by molar-refractivity contribution is -0.384. The Morgan fingerprint density at radius 3 is 2.29 bits per heavy atom. The maximum Gasteiger partial charge on any atom is 0.573 e. The van der Waals surface area contributed by atoms with Crippen LogP contribution in [-0.2, 0) is 11.3 Å². The minimum absolute atomic E-state index is 0.0586. The summed E-state index contributed by atoms with van der Waals surface area (Å²) in [5.74, 6) is -0.497. The fraction of sp³-hybridized carbons (Fsp3) is 0.391. The second kappa shape index (κ2) is 11.1. The predicted molar refractivity (Wildman–Crippen MR) is 116 cm³/mol. The molecule has 11 heteroatoms. The highest BCUT2D eigenvalue weighted by atomic mass is 19.4. The second-order valence-electron chi connectivity index (χ2n) is 7.93. The molecule has 0 unspecified atom stereocenters. The largest absolute Gasteiger partial charge is 0.573 e. The number of rotatable bonds is 9. The monoisotopic (exact) mass is 479 g/mol. The van der Waals surface area contributed by atoms with Crippen molar-refractivity contribution in [3.8, 4) is 5.75 Å². The number of ketones is 1. The van der Waals surface area contributed by atoms with Crippen molar-refractivity contribution in [2.75, 3.05) is 26.2 Å². The molecule has 0 aliphatic carbocycles. The molecule has 1 heterocycles. The topological polar surface area (TPSA) is 93.0 Å². The Kier molecular flexibility index (Phi) is 8.21. The number of alkyl halides is 3. The molecule has 3 rings (SSSR count). The van der Waals surface area contributed by atoms with Gasteiger partial charge in [0.15, 0.2) is 5.78 Å². The standard InChI is InChI=1S/C23H24F3N3O5/c24-23(25,26)34-20-4-1-3-17(15-20)16-27-11-13-28(14-12-27)22(31)6-2-5-21(30)18-7-9-19(10-8-18)29(32)33/h1,3-4,7-10,15H,2,5-6,11-14,16H2. The summed E-state index contributed by atoms with van der Waals surface area (Å²) in [5.41, 5.74) is 0.968. The van der Waals surface area contributed by atoms with E-state index in [1.54, 1.807) is 11.0 Å². The highest BCUT2D eigenvalue weighted by Crippen LogP contribution is 2.24. The van der Waals surface area contributed by atoms with Gasteiger partial charge in [-0.2, -0.15) is 0 Å². The van der Waals surface area contributed by atoms with Gasteiger partial charge in [0.1, 0.15) is 5.75 Å². The Balaban J connectivity index is 1.39. The lowest BCUT2D eigenvalue weighted by atomic mass is 10.0. The van der Waals surface area contributed by atoms with Gasteiger partial charge in [0.05, 0.1) is 4.92 Å². The molecule has 1 fully saturated rings. The van der Waals surface area contributed by atoms with E-state index in [0.29, 0.717) is 50.3 Å². The third-order valence-corrected chi connectivity index (χ3v) is 5.46. The summed E-state index contributed by atoms with van der Waals surface area (Å²) < 4.78 is 41.2. The summed E-state index contributed by atoms with van der Waals surface area (Å²) in [6.07, 6.45) is -3.98. The number of hydrogen-bond acceptors (Lipinski definition) is 6. The molecule has 0 saturated carbocycles. The van der Waals surface area contributed by atoms with Gasteiger partial charge < -0.3 is 9.64 Å². The molecule has 1 aliphatic heterocycles. The molecule has 2 aromatic carbocycles. The van der Waals surface area contributed by atoms with Crippen LogP contribution in [0.5, 0.6) is 5.75 Å². The van der Waals surface area contributed by atoms with Gasteiger partial charge in [-0.05, 0) is 36.2 Å². The van der Waals surface area contributed by atoms with Gasteiger partial charge in [0, 0.05) is 63.3 Å². The SMILES string of the molecule is O=C(CCCC(=O)N1CCN(Cc2cccc(OC(F)(F)F)c2)CC1)c1ccc([N+](=O)[O-])cc1. The minimum atomic E-state index is -4.74. The van der Waals surface area contributed by atoms with E-state index in [-0.39, 0.29) is 36.0 Å². The number of ether oxygens (including phenoxy) is 1. The van der Waals surface area contributed by atoms with Gasteiger partial charge in [-0.3, -0.25) is 24.6 Å². The van der Waals surface area contributed by atoms with Crippen LogP contribution in [0.3, 0.4) is 0 Å². The summed E-state index contributed by atoms with van der Waals surface area (Å²) in [7, 11) is 0. The first-order valence-corrected chi connectivity index (χ1v) is 10.7. The van der Waals surface area contributed by atoms with E-state index in [1.807, 2.05) is 0 Å². The van der Waals surface area contributed by atoms with Crippen LogP contribution in [0.1, 0.15) is 35.2 Å². The van der Waals surface area contributed by atoms with Gasteiger partial charge >= 0.3 is 6.36 Å². The maximum absolute atomic E-state index is 12.5. The Morgan fingerprint density at radius 2 is 1.68 bits per heavy atom. The predicted octanol–water partition coefficient (Wildman–Crippen LogP) is 4.19. The molecule has 0 bridgehead atoms. The summed E-state index contributed by atoms with van der Waals surface area (Å²) in [4.78, 5) is 38.6. The molecule has 2 aromatic rings. The summed E-state index contributed by atoms with van der Waals surface area (Å²) in [5, 5.41) is 10.7. The molecule has 0 spiro atoms. The molecule has 34 heavy (non-hydrogen) atoms. The minimum Gasteiger partial charge on any atom is -0.406 e. The zero-order chi connectivity index (χ0) is 24.7. The number of nitro benzene ring substituents is 1. The number of carbonyl (C=O) groups is 2. The number of nitrogens with zero attached hydrogens (tertiary/aromatic N) is 3. The molecule has 1 saturated heterocycles. The Bertz CT molecular complexity index is 1020. The zero-order valence-corrected chi connectivity index (χ0v) is 18.3. The molecule has 0 radical (unpaired) electrons. The number of hydrogen-bond donors (Lipinski definition) is 0. The smallest absolute Gasteiger partial charge is 0.406 e. The summed E-state index contributed by atoms with van der Waals surface area (Å²) >= 11 is 0. The van der Waals surface area contributed by atoms with Crippen molar-refractivity contribution in [3.63, 3.8) is 0 Å². The van der Waals surface area contributed by atoms with Crippen molar-refractivity contribution < 1.29 is 32.4 Å². The van der Waals surface area contributed by atoms with Gasteiger partial charge in [0.25, 0.3) is 5.69 Å². The van der Waals surface area contributed by atoms with E-state index in [9.17, 15) is 32.9 Å². The first kappa shape index (κ1) is 25.2. The lowest BCUT2D eigenvalue weighted by Crippen LogP contribution is -2.48. The number of benzene rings is 2.